The highest BCUT2D eigenvalue weighted by atomic mass is 32.2. The normalized spacial score (nSPS) is 18.4. The second-order valence-corrected chi connectivity index (χ2v) is 8.88. The quantitative estimate of drug-likeness (QED) is 0.860. The fraction of sp³-hybridized carbons (Fsp3) is 0.429. The number of sulfonamides is 1. The van der Waals surface area contributed by atoms with Crippen molar-refractivity contribution in [3.05, 3.63) is 39.9 Å². The van der Waals surface area contributed by atoms with E-state index < -0.39 is 10.0 Å². The van der Waals surface area contributed by atoms with Crippen molar-refractivity contribution < 1.29 is 13.2 Å². The Hall–Kier alpha value is -0.770. The van der Waals surface area contributed by atoms with Gasteiger partial charge in [0.15, 0.2) is 0 Å². The molecule has 5 nitrogen and oxygen atoms in total. The summed E-state index contributed by atoms with van der Waals surface area (Å²) in [6.45, 7) is 3.41. The zero-order valence-electron chi connectivity index (χ0n) is 12.0. The summed E-state index contributed by atoms with van der Waals surface area (Å²) in [5, 5.41) is 3.80. The SMILES string of the molecule is O=S(=O)(NC[C@@H](c1cccs1)N1CCOCC1)c1cccs1. The lowest BCUT2D eigenvalue weighted by Gasteiger charge is -2.34. The first-order valence-electron chi connectivity index (χ1n) is 7.05. The van der Waals surface area contributed by atoms with Crippen molar-refractivity contribution >= 4 is 32.7 Å². The monoisotopic (exact) mass is 358 g/mol. The number of hydrogen-bond acceptors (Lipinski definition) is 6. The van der Waals surface area contributed by atoms with Crippen molar-refractivity contribution in [1.82, 2.24) is 9.62 Å². The van der Waals surface area contributed by atoms with Gasteiger partial charge in [-0.2, -0.15) is 0 Å². The van der Waals surface area contributed by atoms with Gasteiger partial charge in [0.2, 0.25) is 10.0 Å². The second-order valence-electron chi connectivity index (χ2n) is 4.96. The summed E-state index contributed by atoms with van der Waals surface area (Å²) in [6, 6.07) is 7.49. The molecule has 0 amide bonds. The van der Waals surface area contributed by atoms with E-state index in [2.05, 4.69) is 15.7 Å². The summed E-state index contributed by atoms with van der Waals surface area (Å²) >= 11 is 2.89. The van der Waals surface area contributed by atoms with E-state index in [9.17, 15) is 8.42 Å². The molecule has 3 heterocycles. The van der Waals surface area contributed by atoms with Gasteiger partial charge in [0.05, 0.1) is 19.3 Å². The van der Waals surface area contributed by atoms with E-state index >= 15 is 0 Å². The van der Waals surface area contributed by atoms with Gasteiger partial charge in [-0.15, -0.1) is 22.7 Å². The van der Waals surface area contributed by atoms with Gasteiger partial charge in [0.25, 0.3) is 0 Å². The summed E-state index contributed by atoms with van der Waals surface area (Å²) in [4.78, 5) is 3.46. The smallest absolute Gasteiger partial charge is 0.250 e. The molecule has 0 aromatic carbocycles. The molecule has 0 radical (unpaired) electrons. The van der Waals surface area contributed by atoms with E-state index in [1.54, 1.807) is 28.8 Å². The van der Waals surface area contributed by atoms with Gasteiger partial charge in [-0.05, 0) is 22.9 Å². The van der Waals surface area contributed by atoms with Crippen LogP contribution in [0.3, 0.4) is 0 Å². The zero-order chi connectivity index (χ0) is 15.4. The molecule has 1 atom stereocenters. The van der Waals surface area contributed by atoms with Crippen LogP contribution < -0.4 is 4.72 Å². The summed E-state index contributed by atoms with van der Waals surface area (Å²) in [5.74, 6) is 0. The molecule has 0 unspecified atom stereocenters. The number of nitrogens with one attached hydrogen (secondary N) is 1. The summed E-state index contributed by atoms with van der Waals surface area (Å²) in [5.41, 5.74) is 0. The topological polar surface area (TPSA) is 58.6 Å². The Morgan fingerprint density at radius 2 is 1.91 bits per heavy atom. The van der Waals surface area contributed by atoms with Crippen LogP contribution in [0.4, 0.5) is 0 Å². The molecule has 0 saturated carbocycles. The maximum Gasteiger partial charge on any atom is 0.250 e. The molecule has 3 rings (SSSR count). The van der Waals surface area contributed by atoms with Crippen molar-refractivity contribution in [1.29, 1.82) is 0 Å². The zero-order valence-corrected chi connectivity index (χ0v) is 14.4. The largest absolute Gasteiger partial charge is 0.379 e. The average molecular weight is 359 g/mol. The van der Waals surface area contributed by atoms with Crippen molar-refractivity contribution in [3.8, 4) is 0 Å². The fourth-order valence-electron chi connectivity index (χ4n) is 2.46. The standard InChI is InChI=1S/C14H18N2O3S3/c17-22(18,14-4-2-10-21-14)15-11-12(13-3-1-9-20-13)16-5-7-19-8-6-16/h1-4,9-10,12,15H,5-8,11H2/t12-/m0/s1. The number of thiophene rings is 2. The van der Waals surface area contributed by atoms with Crippen LogP contribution in [0, 0.1) is 0 Å². The van der Waals surface area contributed by atoms with E-state index in [1.165, 1.54) is 16.2 Å². The van der Waals surface area contributed by atoms with Gasteiger partial charge in [0, 0.05) is 24.5 Å². The predicted molar refractivity (Wildman–Crippen MR) is 89.0 cm³/mol. The highest BCUT2D eigenvalue weighted by molar-refractivity contribution is 7.91. The maximum atomic E-state index is 12.3. The van der Waals surface area contributed by atoms with Gasteiger partial charge in [-0.25, -0.2) is 13.1 Å². The van der Waals surface area contributed by atoms with E-state index in [1.807, 2.05) is 11.4 Å². The van der Waals surface area contributed by atoms with Crippen LogP contribution in [0.2, 0.25) is 0 Å². The van der Waals surface area contributed by atoms with Gasteiger partial charge >= 0.3 is 0 Å². The summed E-state index contributed by atoms with van der Waals surface area (Å²) < 4.78 is 33.1. The average Bonchev–Trinajstić information content (AvgIpc) is 3.22. The minimum Gasteiger partial charge on any atom is -0.379 e. The Bertz CT molecular complexity index is 662. The molecule has 1 fully saturated rings. The molecule has 0 bridgehead atoms. The van der Waals surface area contributed by atoms with Gasteiger partial charge in [-0.3, -0.25) is 4.90 Å². The third-order valence-electron chi connectivity index (χ3n) is 3.58. The third-order valence-corrected chi connectivity index (χ3v) is 7.38. The Balaban J connectivity index is 1.73. The lowest BCUT2D eigenvalue weighted by atomic mass is 10.2. The summed E-state index contributed by atoms with van der Waals surface area (Å²) in [6.07, 6.45) is 0. The minimum atomic E-state index is -3.43. The van der Waals surface area contributed by atoms with Crippen molar-refractivity contribution in [2.75, 3.05) is 32.8 Å². The molecule has 2 aromatic rings. The van der Waals surface area contributed by atoms with E-state index in [0.29, 0.717) is 24.0 Å². The highest BCUT2D eigenvalue weighted by Crippen LogP contribution is 2.26. The van der Waals surface area contributed by atoms with Crippen LogP contribution in [-0.4, -0.2) is 46.2 Å². The molecule has 22 heavy (non-hydrogen) atoms. The first kappa shape index (κ1) is 16.1. The Kier molecular flexibility index (Phi) is 5.27. The Labute approximate surface area is 138 Å². The van der Waals surface area contributed by atoms with Gasteiger partial charge in [-0.1, -0.05) is 12.1 Å². The molecule has 1 N–H and O–H groups in total. The van der Waals surface area contributed by atoms with Crippen LogP contribution in [0.1, 0.15) is 10.9 Å². The van der Waals surface area contributed by atoms with E-state index in [0.717, 1.165) is 13.1 Å². The molecule has 0 spiro atoms. The maximum absolute atomic E-state index is 12.3. The molecule has 8 heteroatoms. The van der Waals surface area contributed by atoms with E-state index in [-0.39, 0.29) is 6.04 Å². The summed E-state index contributed by atoms with van der Waals surface area (Å²) in [7, 11) is -3.43. The minimum absolute atomic E-state index is 0.0543. The molecular formula is C14H18N2O3S3. The van der Waals surface area contributed by atoms with Crippen LogP contribution in [-0.2, 0) is 14.8 Å². The number of nitrogens with zero attached hydrogens (tertiary/aromatic N) is 1. The Morgan fingerprint density at radius 3 is 2.55 bits per heavy atom. The van der Waals surface area contributed by atoms with Crippen molar-refractivity contribution in [2.45, 2.75) is 10.3 Å². The molecule has 1 aliphatic rings. The van der Waals surface area contributed by atoms with Crippen LogP contribution in [0.5, 0.6) is 0 Å². The van der Waals surface area contributed by atoms with Crippen LogP contribution in [0.15, 0.2) is 39.2 Å². The van der Waals surface area contributed by atoms with Crippen molar-refractivity contribution in [3.63, 3.8) is 0 Å². The first-order chi connectivity index (χ1) is 10.7. The number of hydrogen-bond donors (Lipinski definition) is 1. The van der Waals surface area contributed by atoms with Crippen LogP contribution in [0.25, 0.3) is 0 Å². The molecule has 1 saturated heterocycles. The molecule has 0 aliphatic carbocycles. The Morgan fingerprint density at radius 1 is 1.18 bits per heavy atom. The molecular weight excluding hydrogens is 340 g/mol. The molecule has 2 aromatic heterocycles. The number of rotatable bonds is 6. The number of ether oxygens (including phenoxy) is 1. The van der Waals surface area contributed by atoms with Crippen molar-refractivity contribution in [2.24, 2.45) is 0 Å². The van der Waals surface area contributed by atoms with E-state index in [4.69, 9.17) is 4.74 Å². The highest BCUT2D eigenvalue weighted by Gasteiger charge is 2.25. The van der Waals surface area contributed by atoms with Crippen LogP contribution >= 0.6 is 22.7 Å². The lowest BCUT2D eigenvalue weighted by molar-refractivity contribution is 0.0179. The lowest BCUT2D eigenvalue weighted by Crippen LogP contribution is -2.43. The number of morpholine rings is 1. The van der Waals surface area contributed by atoms with Gasteiger partial charge < -0.3 is 4.74 Å². The first-order valence-corrected chi connectivity index (χ1v) is 10.3. The predicted octanol–water partition coefficient (Wildman–Crippen LogP) is 2.16. The third kappa shape index (κ3) is 3.76. The van der Waals surface area contributed by atoms with Gasteiger partial charge in [0.1, 0.15) is 4.21 Å². The molecule has 1 aliphatic heterocycles. The second kappa shape index (κ2) is 7.20. The fourth-order valence-corrected chi connectivity index (χ4v) is 5.39. The molecule has 120 valence electrons.